The molecule has 3 aromatic carbocycles. The van der Waals surface area contributed by atoms with Gasteiger partial charge in [-0.1, -0.05) is 68.4 Å². The number of rotatable bonds is 10. The van der Waals surface area contributed by atoms with Crippen molar-refractivity contribution in [3.8, 4) is 5.75 Å². The van der Waals surface area contributed by atoms with Crippen molar-refractivity contribution in [3.05, 3.63) is 107 Å². The summed E-state index contributed by atoms with van der Waals surface area (Å²) in [6.45, 7) is 4.88. The van der Waals surface area contributed by atoms with Gasteiger partial charge in [-0.15, -0.1) is 5.10 Å². The van der Waals surface area contributed by atoms with Crippen molar-refractivity contribution in [2.45, 2.75) is 45.8 Å². The molecule has 0 aliphatic carbocycles. The van der Waals surface area contributed by atoms with Crippen LogP contribution in [0.3, 0.4) is 0 Å². The van der Waals surface area contributed by atoms with E-state index in [1.807, 2.05) is 47.1 Å². The molecule has 33 heavy (non-hydrogen) atoms. The molecule has 0 amide bonds. The number of aryl methyl sites for hydroxylation is 2. The number of hydrogen-bond donors (Lipinski definition) is 0. The number of halogens is 1. The molecule has 170 valence electrons. The monoisotopic (exact) mass is 444 g/mol. The number of para-hydroxylation sites is 1. The van der Waals surface area contributed by atoms with Crippen LogP contribution >= 0.6 is 0 Å². The Bertz CT molecular complexity index is 1130. The Hall–Kier alpha value is -3.54. The third-order valence-electron chi connectivity index (χ3n) is 5.61. The number of hydrogen-bond acceptors (Lipinski definition) is 4. The summed E-state index contributed by atoms with van der Waals surface area (Å²) >= 11 is 0. The lowest BCUT2D eigenvalue weighted by atomic mass is 9.97. The van der Waals surface area contributed by atoms with E-state index in [0.717, 1.165) is 42.0 Å². The fraction of sp³-hybridized carbons (Fsp3) is 0.296. The van der Waals surface area contributed by atoms with Gasteiger partial charge in [-0.3, -0.25) is 0 Å². The highest BCUT2D eigenvalue weighted by Gasteiger charge is 2.20. The summed E-state index contributed by atoms with van der Waals surface area (Å²) in [7, 11) is 0. The van der Waals surface area contributed by atoms with E-state index in [9.17, 15) is 4.39 Å². The fourth-order valence-corrected chi connectivity index (χ4v) is 3.87. The lowest BCUT2D eigenvalue weighted by molar-refractivity contribution is 0.306. The van der Waals surface area contributed by atoms with Crippen LogP contribution in [0.2, 0.25) is 0 Å². The van der Waals surface area contributed by atoms with E-state index in [0.29, 0.717) is 12.5 Å². The molecule has 0 aliphatic heterocycles. The molecule has 0 radical (unpaired) electrons. The lowest BCUT2D eigenvalue weighted by Crippen LogP contribution is -2.18. The van der Waals surface area contributed by atoms with Crippen LogP contribution in [0.4, 0.5) is 4.39 Å². The second-order valence-corrected chi connectivity index (χ2v) is 8.65. The fourth-order valence-electron chi connectivity index (χ4n) is 3.87. The van der Waals surface area contributed by atoms with E-state index in [-0.39, 0.29) is 11.9 Å². The standard InChI is InChI=1S/C27H29FN4O/c1-20(2)18-26(23-13-15-24(28)16-14-23)32-27(29-30-31-32)17-12-21-8-10-22(11-9-21)19-33-25-6-4-3-5-7-25/h3-11,13-16,20,26H,12,17-19H2,1-2H3. The Kier molecular flexibility index (Phi) is 7.45. The zero-order chi connectivity index (χ0) is 23.0. The third kappa shape index (κ3) is 6.25. The van der Waals surface area contributed by atoms with Crippen LogP contribution in [0.5, 0.6) is 5.75 Å². The third-order valence-corrected chi connectivity index (χ3v) is 5.61. The molecule has 1 atom stereocenters. The highest BCUT2D eigenvalue weighted by Crippen LogP contribution is 2.26. The van der Waals surface area contributed by atoms with Gasteiger partial charge in [0.05, 0.1) is 6.04 Å². The summed E-state index contributed by atoms with van der Waals surface area (Å²) in [6, 6.07) is 24.9. The maximum absolute atomic E-state index is 13.5. The molecule has 1 aromatic heterocycles. The first kappa shape index (κ1) is 22.6. The van der Waals surface area contributed by atoms with Crippen molar-refractivity contribution in [1.29, 1.82) is 0 Å². The quantitative estimate of drug-likeness (QED) is 0.310. The molecule has 6 heteroatoms. The van der Waals surface area contributed by atoms with Gasteiger partial charge in [-0.2, -0.15) is 0 Å². The summed E-state index contributed by atoms with van der Waals surface area (Å²) in [5.41, 5.74) is 3.36. The van der Waals surface area contributed by atoms with Gasteiger partial charge in [-0.05, 0) is 70.1 Å². The van der Waals surface area contributed by atoms with Gasteiger partial charge in [0, 0.05) is 6.42 Å². The zero-order valence-electron chi connectivity index (χ0n) is 19.1. The van der Waals surface area contributed by atoms with Crippen molar-refractivity contribution in [3.63, 3.8) is 0 Å². The van der Waals surface area contributed by atoms with Crippen molar-refractivity contribution in [1.82, 2.24) is 20.2 Å². The first-order valence-corrected chi connectivity index (χ1v) is 11.4. The molecule has 0 fully saturated rings. The number of tetrazole rings is 1. The maximum Gasteiger partial charge on any atom is 0.152 e. The van der Waals surface area contributed by atoms with Crippen molar-refractivity contribution < 1.29 is 9.13 Å². The Balaban J connectivity index is 1.41. The van der Waals surface area contributed by atoms with Gasteiger partial charge >= 0.3 is 0 Å². The topological polar surface area (TPSA) is 52.8 Å². The molecule has 0 saturated carbocycles. The Morgan fingerprint density at radius 2 is 1.55 bits per heavy atom. The minimum atomic E-state index is -0.239. The second kappa shape index (κ2) is 10.9. The van der Waals surface area contributed by atoms with Crippen molar-refractivity contribution >= 4 is 0 Å². The predicted molar refractivity (Wildman–Crippen MR) is 126 cm³/mol. The lowest BCUT2D eigenvalue weighted by Gasteiger charge is -2.21. The van der Waals surface area contributed by atoms with Crippen LogP contribution in [0.25, 0.3) is 0 Å². The summed E-state index contributed by atoms with van der Waals surface area (Å²) in [5.74, 6) is 1.91. The highest BCUT2D eigenvalue weighted by atomic mass is 19.1. The van der Waals surface area contributed by atoms with Crippen LogP contribution < -0.4 is 4.74 Å². The molecule has 0 N–H and O–H groups in total. The smallest absolute Gasteiger partial charge is 0.152 e. The van der Waals surface area contributed by atoms with Crippen LogP contribution in [0.1, 0.15) is 48.8 Å². The number of ether oxygens (including phenoxy) is 1. The van der Waals surface area contributed by atoms with Gasteiger partial charge in [0.15, 0.2) is 5.82 Å². The van der Waals surface area contributed by atoms with Gasteiger partial charge in [0.1, 0.15) is 18.2 Å². The van der Waals surface area contributed by atoms with Gasteiger partial charge in [0.2, 0.25) is 0 Å². The van der Waals surface area contributed by atoms with Gasteiger partial charge in [0.25, 0.3) is 0 Å². The Labute approximate surface area is 194 Å². The van der Waals surface area contributed by atoms with Gasteiger partial charge < -0.3 is 4.74 Å². The molecule has 1 unspecified atom stereocenters. The maximum atomic E-state index is 13.5. The molecule has 5 nitrogen and oxygen atoms in total. The zero-order valence-corrected chi connectivity index (χ0v) is 19.1. The molecule has 0 spiro atoms. The largest absolute Gasteiger partial charge is 0.489 e. The number of benzene rings is 3. The van der Waals surface area contributed by atoms with E-state index in [1.54, 1.807) is 0 Å². The molecular formula is C27H29FN4O. The first-order valence-electron chi connectivity index (χ1n) is 11.4. The van der Waals surface area contributed by atoms with Crippen LogP contribution in [0.15, 0.2) is 78.9 Å². The summed E-state index contributed by atoms with van der Waals surface area (Å²) < 4.78 is 21.2. The van der Waals surface area contributed by atoms with E-state index in [1.165, 1.54) is 17.7 Å². The molecule has 0 saturated heterocycles. The summed E-state index contributed by atoms with van der Waals surface area (Å²) in [4.78, 5) is 0. The van der Waals surface area contributed by atoms with E-state index < -0.39 is 0 Å². The van der Waals surface area contributed by atoms with E-state index in [4.69, 9.17) is 4.74 Å². The van der Waals surface area contributed by atoms with Gasteiger partial charge in [-0.25, -0.2) is 9.07 Å². The molecule has 1 heterocycles. The predicted octanol–water partition coefficient (Wildman–Crippen LogP) is 5.81. The molecular weight excluding hydrogens is 415 g/mol. The molecule has 0 aliphatic rings. The minimum absolute atomic E-state index is 0.0203. The summed E-state index contributed by atoms with van der Waals surface area (Å²) in [6.07, 6.45) is 2.43. The van der Waals surface area contributed by atoms with E-state index in [2.05, 4.69) is 53.6 Å². The minimum Gasteiger partial charge on any atom is -0.489 e. The Morgan fingerprint density at radius 1 is 0.848 bits per heavy atom. The van der Waals surface area contributed by atoms with Crippen LogP contribution in [-0.4, -0.2) is 20.2 Å². The Morgan fingerprint density at radius 3 is 2.24 bits per heavy atom. The average Bonchev–Trinajstić information content (AvgIpc) is 3.30. The second-order valence-electron chi connectivity index (χ2n) is 8.65. The first-order chi connectivity index (χ1) is 16.1. The normalized spacial score (nSPS) is 12.1. The SMILES string of the molecule is CC(C)CC(c1ccc(F)cc1)n1nnnc1CCc1ccc(COc2ccccc2)cc1. The van der Waals surface area contributed by atoms with Crippen LogP contribution in [-0.2, 0) is 19.4 Å². The average molecular weight is 445 g/mol. The molecule has 0 bridgehead atoms. The van der Waals surface area contributed by atoms with Crippen molar-refractivity contribution in [2.24, 2.45) is 5.92 Å². The summed E-state index contributed by atoms with van der Waals surface area (Å²) in [5, 5.41) is 12.5. The molecule has 4 rings (SSSR count). The highest BCUT2D eigenvalue weighted by molar-refractivity contribution is 5.25. The molecule has 4 aromatic rings. The van der Waals surface area contributed by atoms with Crippen molar-refractivity contribution in [2.75, 3.05) is 0 Å². The van der Waals surface area contributed by atoms with Crippen LogP contribution in [0, 0.1) is 11.7 Å². The van der Waals surface area contributed by atoms with E-state index >= 15 is 0 Å². The number of aromatic nitrogens is 4. The number of nitrogens with zero attached hydrogens (tertiary/aromatic N) is 4.